The van der Waals surface area contributed by atoms with E-state index in [-0.39, 0.29) is 29.3 Å². The highest BCUT2D eigenvalue weighted by molar-refractivity contribution is 6.28. The maximum absolute atomic E-state index is 13.6. The van der Waals surface area contributed by atoms with Crippen LogP contribution in [0.3, 0.4) is 0 Å². The zero-order valence-electron chi connectivity index (χ0n) is 22.9. The fraction of sp³-hybridized carbons (Fsp3) is 0.300. The Balaban J connectivity index is 0.00000141. The van der Waals surface area contributed by atoms with Gasteiger partial charge >= 0.3 is 12.1 Å². The van der Waals surface area contributed by atoms with Gasteiger partial charge in [-0.3, -0.25) is 4.57 Å². The van der Waals surface area contributed by atoms with Gasteiger partial charge in [-0.25, -0.2) is 19.2 Å². The third-order valence-electron chi connectivity index (χ3n) is 7.01. The number of fused-ring (bicyclic) bond motifs is 1. The lowest BCUT2D eigenvalue weighted by molar-refractivity contribution is -0.191. The van der Waals surface area contributed by atoms with Crippen molar-refractivity contribution >= 4 is 34.9 Å². The summed E-state index contributed by atoms with van der Waals surface area (Å²) in [6.07, 6.45) is 2.67. The third kappa shape index (κ3) is 7.15. The summed E-state index contributed by atoms with van der Waals surface area (Å²) >= 11 is 6.21. The molecule has 3 N–H and O–H groups in total. The number of aryl methyl sites for hydroxylation is 2. The third-order valence-corrected chi connectivity index (χ3v) is 7.18. The first-order chi connectivity index (χ1) is 21.1. The summed E-state index contributed by atoms with van der Waals surface area (Å²) in [6.45, 7) is -0.417. The summed E-state index contributed by atoms with van der Waals surface area (Å²) in [7, 11) is 0. The van der Waals surface area contributed by atoms with Gasteiger partial charge in [-0.1, -0.05) is 48.4 Å². The van der Waals surface area contributed by atoms with Crippen LogP contribution in [0.5, 0.6) is 0 Å². The molecular formula is C30H26ClFN4O8. The van der Waals surface area contributed by atoms with Crippen molar-refractivity contribution in [1.82, 2.24) is 19.5 Å². The number of carboxylic acid groups (broad SMARTS) is 1. The van der Waals surface area contributed by atoms with Crippen LogP contribution in [0.25, 0.3) is 11.2 Å². The number of hydrogen-bond donors (Lipinski definition) is 3. The maximum atomic E-state index is 13.6. The van der Waals surface area contributed by atoms with E-state index in [9.17, 15) is 24.5 Å². The molecule has 2 aromatic heterocycles. The van der Waals surface area contributed by atoms with E-state index in [4.69, 9.17) is 37.1 Å². The van der Waals surface area contributed by atoms with Crippen LogP contribution in [-0.2, 0) is 43.1 Å². The molecule has 0 spiro atoms. The monoisotopic (exact) mass is 624 g/mol. The van der Waals surface area contributed by atoms with Gasteiger partial charge in [-0.15, -0.1) is 6.42 Å². The molecule has 5 rings (SSSR count). The minimum absolute atomic E-state index is 0.0728. The molecule has 12 nitrogen and oxygen atoms in total. The van der Waals surface area contributed by atoms with Gasteiger partial charge in [0, 0.05) is 6.42 Å². The van der Waals surface area contributed by atoms with Gasteiger partial charge in [0.05, 0.1) is 18.6 Å². The van der Waals surface area contributed by atoms with Gasteiger partial charge < -0.3 is 24.8 Å². The van der Waals surface area contributed by atoms with E-state index >= 15 is 0 Å². The molecule has 1 aliphatic heterocycles. The molecule has 4 aromatic rings. The van der Waals surface area contributed by atoms with Crippen molar-refractivity contribution in [3.63, 3.8) is 0 Å². The number of rotatable bonds is 10. The average molecular weight is 625 g/mol. The van der Waals surface area contributed by atoms with Gasteiger partial charge in [0.2, 0.25) is 5.28 Å². The number of hydrogen-bond acceptors (Lipinski definition) is 10. The summed E-state index contributed by atoms with van der Waals surface area (Å²) in [5, 5.41) is 31.9. The molecule has 0 saturated carbocycles. The Labute approximate surface area is 255 Å². The Kier molecular flexibility index (Phi) is 10.5. The minimum atomic E-state index is -2.21. The molecule has 5 atom stereocenters. The topological polar surface area (TPSA) is 174 Å². The number of terminal acetylenes is 1. The number of aliphatic hydroxyl groups excluding tert-OH is 1. The largest absolute Gasteiger partial charge is 0.479 e. The molecule has 0 radical (unpaired) electrons. The fourth-order valence-corrected chi connectivity index (χ4v) is 5.01. The number of aliphatic carboxylic acids is 1. The number of halogens is 2. The average Bonchev–Trinajstić information content (AvgIpc) is 3.53. The van der Waals surface area contributed by atoms with E-state index < -0.39 is 42.7 Å². The summed E-state index contributed by atoms with van der Waals surface area (Å²) < 4.78 is 26.6. The van der Waals surface area contributed by atoms with Crippen molar-refractivity contribution in [3.05, 3.63) is 88.8 Å². The standard InChI is InChI=1S/C29H26ClFN4O6.CO2/c1-2-29(39)22(15-40-21(27(37)38)14-17-7-4-3-5-8-17)41-26(24(29)36)35-16-32-23-20(33-28(30)34-25(23)35)12-11-18-9-6-10-19(31)13-18;2-1-3/h1,3-10,13,16,21-22,24,26,36,39H,11-12,14-15H2,(H,37,38);/t21?,22-,24+,26-,29-;/m1./s1. The number of aliphatic hydroxyl groups is 2. The van der Waals surface area contributed by atoms with Crippen LogP contribution in [0, 0.1) is 18.2 Å². The van der Waals surface area contributed by atoms with Crippen LogP contribution < -0.4 is 0 Å². The molecule has 14 heteroatoms. The van der Waals surface area contributed by atoms with Gasteiger partial charge in [0.15, 0.2) is 23.6 Å². The lowest BCUT2D eigenvalue weighted by atomic mass is 9.93. The van der Waals surface area contributed by atoms with Gasteiger partial charge in [0.25, 0.3) is 0 Å². The molecule has 2 aromatic carbocycles. The van der Waals surface area contributed by atoms with E-state index in [1.807, 2.05) is 6.07 Å². The van der Waals surface area contributed by atoms with Crippen molar-refractivity contribution in [2.75, 3.05) is 6.61 Å². The van der Waals surface area contributed by atoms with Crippen LogP contribution in [0.1, 0.15) is 23.0 Å². The van der Waals surface area contributed by atoms with Crippen LogP contribution in [-0.4, -0.2) is 77.5 Å². The molecule has 1 unspecified atom stereocenters. The van der Waals surface area contributed by atoms with Crippen molar-refractivity contribution in [3.8, 4) is 12.3 Å². The summed E-state index contributed by atoms with van der Waals surface area (Å²) in [5.74, 6) is 0.628. The van der Waals surface area contributed by atoms with E-state index in [2.05, 4.69) is 20.9 Å². The smallest absolute Gasteiger partial charge is 0.373 e. The Morgan fingerprint density at radius 3 is 2.52 bits per heavy atom. The predicted octanol–water partition coefficient (Wildman–Crippen LogP) is 2.16. The second kappa shape index (κ2) is 14.3. The minimum Gasteiger partial charge on any atom is -0.479 e. The number of imidazole rings is 1. The first-order valence-corrected chi connectivity index (χ1v) is 13.5. The fourth-order valence-electron chi connectivity index (χ4n) is 4.83. The van der Waals surface area contributed by atoms with E-state index in [1.54, 1.807) is 36.4 Å². The molecular weight excluding hydrogens is 599 g/mol. The lowest BCUT2D eigenvalue weighted by Crippen LogP contribution is -2.48. The van der Waals surface area contributed by atoms with E-state index in [0.717, 1.165) is 11.1 Å². The van der Waals surface area contributed by atoms with Gasteiger partial charge in [0.1, 0.15) is 23.5 Å². The number of carbonyl (C=O) groups excluding carboxylic acids is 2. The number of benzene rings is 2. The quantitative estimate of drug-likeness (QED) is 0.174. The normalized spacial score (nSPS) is 21.6. The predicted molar refractivity (Wildman–Crippen MR) is 150 cm³/mol. The summed E-state index contributed by atoms with van der Waals surface area (Å²) in [4.78, 5) is 41.0. The summed E-state index contributed by atoms with van der Waals surface area (Å²) in [6, 6.07) is 15.1. The van der Waals surface area contributed by atoms with Crippen LogP contribution in [0.15, 0.2) is 60.9 Å². The number of ether oxygens (including phenoxy) is 2. The highest BCUT2D eigenvalue weighted by Crippen LogP contribution is 2.39. The van der Waals surface area contributed by atoms with Gasteiger partial charge in [-0.2, -0.15) is 14.6 Å². The zero-order valence-corrected chi connectivity index (χ0v) is 23.7. The van der Waals surface area contributed by atoms with E-state index in [0.29, 0.717) is 24.1 Å². The lowest BCUT2D eigenvalue weighted by Gasteiger charge is -2.26. The molecule has 1 saturated heterocycles. The number of carboxylic acids is 1. The van der Waals surface area contributed by atoms with E-state index in [1.165, 1.54) is 23.0 Å². The molecule has 44 heavy (non-hydrogen) atoms. The maximum Gasteiger partial charge on any atom is 0.373 e. The van der Waals surface area contributed by atoms with Crippen LogP contribution in [0.4, 0.5) is 4.39 Å². The number of nitrogens with zero attached hydrogens (tertiary/aromatic N) is 4. The van der Waals surface area contributed by atoms with Crippen molar-refractivity contribution in [2.45, 2.75) is 49.4 Å². The Morgan fingerprint density at radius 2 is 1.86 bits per heavy atom. The molecule has 0 bridgehead atoms. The van der Waals surface area contributed by atoms with Gasteiger partial charge in [-0.05, 0) is 47.7 Å². The van der Waals surface area contributed by atoms with Crippen molar-refractivity contribution < 1.29 is 43.6 Å². The molecule has 3 heterocycles. The summed E-state index contributed by atoms with van der Waals surface area (Å²) in [5.41, 5.74) is 0.375. The molecule has 0 aliphatic carbocycles. The second-order valence-electron chi connectivity index (χ2n) is 9.76. The van der Waals surface area contributed by atoms with Crippen molar-refractivity contribution in [2.24, 2.45) is 0 Å². The Morgan fingerprint density at radius 1 is 1.16 bits per heavy atom. The van der Waals surface area contributed by atoms with Crippen LogP contribution in [0.2, 0.25) is 5.28 Å². The van der Waals surface area contributed by atoms with Crippen LogP contribution >= 0.6 is 11.6 Å². The highest BCUT2D eigenvalue weighted by atomic mass is 35.5. The number of carbonyl (C=O) groups is 1. The Hall–Kier alpha value is -4.54. The molecule has 228 valence electrons. The first kappa shape index (κ1) is 32.4. The first-order valence-electron chi connectivity index (χ1n) is 13.2. The molecule has 1 aliphatic rings. The molecule has 0 amide bonds. The number of aromatic nitrogens is 4. The molecule has 1 fully saturated rings. The highest BCUT2D eigenvalue weighted by Gasteiger charge is 2.56. The van der Waals surface area contributed by atoms with Crippen molar-refractivity contribution in [1.29, 1.82) is 0 Å². The zero-order chi connectivity index (χ0) is 31.9. The SMILES string of the molecule is C#C[C@@]1(O)[C@@H](COC(Cc2ccccc2)C(=O)O)O[C@@H](n2cnc3c(CCc4cccc(F)c4)nc(Cl)nc32)[C@@H]1O.O=C=O. The Bertz CT molecular complexity index is 1690. The second-order valence-corrected chi connectivity index (χ2v) is 10.1.